The summed E-state index contributed by atoms with van der Waals surface area (Å²) in [6.07, 6.45) is 0. The van der Waals surface area contributed by atoms with Crippen LogP contribution in [0.5, 0.6) is 0 Å². The number of amides is 3. The van der Waals surface area contributed by atoms with Crippen LogP contribution in [0, 0.1) is 0 Å². The van der Waals surface area contributed by atoms with Gasteiger partial charge in [-0.2, -0.15) is 0 Å². The van der Waals surface area contributed by atoms with E-state index < -0.39 is 4.75 Å². The molecule has 26 heavy (non-hydrogen) atoms. The largest absolute Gasteiger partial charge is 0.326 e. The minimum Gasteiger partial charge on any atom is -0.326 e. The van der Waals surface area contributed by atoms with E-state index in [1.807, 2.05) is 24.3 Å². The van der Waals surface area contributed by atoms with Crippen LogP contribution >= 0.6 is 11.8 Å². The molecule has 134 valence electrons. The molecule has 1 aliphatic heterocycles. The first-order chi connectivity index (χ1) is 12.3. The van der Waals surface area contributed by atoms with E-state index in [-0.39, 0.29) is 17.7 Å². The summed E-state index contributed by atoms with van der Waals surface area (Å²) in [6, 6.07) is 14.3. The highest BCUT2D eigenvalue weighted by Crippen LogP contribution is 2.45. The molecule has 1 heterocycles. The van der Waals surface area contributed by atoms with Crippen molar-refractivity contribution in [2.45, 2.75) is 23.5 Å². The molecule has 0 radical (unpaired) electrons. The average Bonchev–Trinajstić information content (AvgIpc) is 2.61. The van der Waals surface area contributed by atoms with E-state index in [9.17, 15) is 14.4 Å². The molecule has 0 spiro atoms. The lowest BCUT2D eigenvalue weighted by Gasteiger charge is -2.36. The van der Waals surface area contributed by atoms with Gasteiger partial charge in [0.1, 0.15) is 0 Å². The minimum absolute atomic E-state index is 0.166. The van der Waals surface area contributed by atoms with Gasteiger partial charge in [0.25, 0.3) is 5.91 Å². The summed E-state index contributed by atoms with van der Waals surface area (Å²) in [6.45, 7) is 3.06. The van der Waals surface area contributed by atoms with Crippen LogP contribution in [0.25, 0.3) is 0 Å². The number of fused-ring (bicyclic) bond motifs is 1. The Kier molecular flexibility index (Phi) is 4.73. The maximum atomic E-state index is 12.9. The van der Waals surface area contributed by atoms with Crippen LogP contribution in [0.1, 0.15) is 13.8 Å². The van der Waals surface area contributed by atoms with E-state index in [2.05, 4.69) is 10.6 Å². The first kappa shape index (κ1) is 18.0. The van der Waals surface area contributed by atoms with Crippen molar-refractivity contribution < 1.29 is 14.4 Å². The van der Waals surface area contributed by atoms with Crippen LogP contribution in [-0.2, 0) is 14.4 Å². The molecule has 0 aromatic heterocycles. The molecule has 0 fully saturated rings. The number of rotatable bonds is 3. The SMILES string of the molecule is CC(=O)Nc1ccc(NC(=O)C2(C)Sc3ccccc3N(C)C2=O)cc1. The molecule has 6 nitrogen and oxygen atoms in total. The van der Waals surface area contributed by atoms with Gasteiger partial charge in [-0.05, 0) is 43.3 Å². The van der Waals surface area contributed by atoms with E-state index >= 15 is 0 Å². The molecule has 3 amide bonds. The molecule has 0 saturated carbocycles. The second-order valence-corrected chi connectivity index (χ2v) is 7.64. The first-order valence-electron chi connectivity index (χ1n) is 8.06. The second kappa shape index (κ2) is 6.84. The number of thioether (sulfide) groups is 1. The molecule has 2 aromatic rings. The van der Waals surface area contributed by atoms with E-state index in [0.29, 0.717) is 11.4 Å². The van der Waals surface area contributed by atoms with Gasteiger partial charge in [0, 0.05) is 30.2 Å². The van der Waals surface area contributed by atoms with E-state index in [1.54, 1.807) is 38.2 Å². The summed E-state index contributed by atoms with van der Waals surface area (Å²) < 4.78 is -1.26. The molecule has 0 bridgehead atoms. The van der Waals surface area contributed by atoms with Gasteiger partial charge in [-0.15, -0.1) is 0 Å². The number of anilines is 3. The van der Waals surface area contributed by atoms with Crippen molar-refractivity contribution in [1.82, 2.24) is 0 Å². The zero-order chi connectivity index (χ0) is 18.9. The van der Waals surface area contributed by atoms with Crippen molar-refractivity contribution in [3.05, 3.63) is 48.5 Å². The normalized spacial score (nSPS) is 18.9. The number of para-hydroxylation sites is 1. The molecule has 2 N–H and O–H groups in total. The van der Waals surface area contributed by atoms with Crippen molar-refractivity contribution in [3.8, 4) is 0 Å². The van der Waals surface area contributed by atoms with Crippen LogP contribution < -0.4 is 15.5 Å². The van der Waals surface area contributed by atoms with Gasteiger partial charge >= 0.3 is 0 Å². The molecule has 0 aliphatic carbocycles. The smallest absolute Gasteiger partial charge is 0.252 e. The summed E-state index contributed by atoms with van der Waals surface area (Å²) in [7, 11) is 1.68. The second-order valence-electron chi connectivity index (χ2n) is 6.18. The van der Waals surface area contributed by atoms with Crippen LogP contribution in [-0.4, -0.2) is 29.5 Å². The highest BCUT2D eigenvalue weighted by molar-refractivity contribution is 8.02. The predicted octanol–water partition coefficient (Wildman–Crippen LogP) is 3.11. The lowest BCUT2D eigenvalue weighted by molar-refractivity contribution is -0.128. The Morgan fingerprint density at radius 1 is 1.00 bits per heavy atom. The van der Waals surface area contributed by atoms with Gasteiger partial charge in [0.2, 0.25) is 11.8 Å². The third kappa shape index (κ3) is 3.30. The number of benzene rings is 2. The Morgan fingerprint density at radius 3 is 2.19 bits per heavy atom. The molecule has 7 heteroatoms. The highest BCUT2D eigenvalue weighted by Gasteiger charge is 2.48. The van der Waals surface area contributed by atoms with E-state index in [4.69, 9.17) is 0 Å². The number of hydrogen-bond donors (Lipinski definition) is 2. The quantitative estimate of drug-likeness (QED) is 0.815. The average molecular weight is 369 g/mol. The summed E-state index contributed by atoms with van der Waals surface area (Å²) in [5.41, 5.74) is 1.99. The predicted molar refractivity (Wildman–Crippen MR) is 103 cm³/mol. The third-order valence-electron chi connectivity index (χ3n) is 4.15. The third-order valence-corrected chi connectivity index (χ3v) is 5.48. The molecule has 3 rings (SSSR count). The van der Waals surface area contributed by atoms with Crippen molar-refractivity contribution >= 4 is 46.5 Å². The fraction of sp³-hybridized carbons (Fsp3) is 0.211. The Bertz CT molecular complexity index is 882. The number of hydrogen-bond acceptors (Lipinski definition) is 4. The molecular weight excluding hydrogens is 350 g/mol. The highest BCUT2D eigenvalue weighted by atomic mass is 32.2. The maximum Gasteiger partial charge on any atom is 0.252 e. The topological polar surface area (TPSA) is 78.5 Å². The number of nitrogens with one attached hydrogen (secondary N) is 2. The Labute approximate surface area is 156 Å². The fourth-order valence-corrected chi connectivity index (χ4v) is 4.01. The van der Waals surface area contributed by atoms with Crippen molar-refractivity contribution in [2.75, 3.05) is 22.6 Å². The Balaban J connectivity index is 1.81. The Morgan fingerprint density at radius 2 is 1.58 bits per heavy atom. The minimum atomic E-state index is -1.26. The standard InChI is InChI=1S/C19H19N3O3S/c1-12(23)20-13-8-10-14(11-9-13)21-17(24)19(2)18(25)22(3)15-6-4-5-7-16(15)26-19/h4-11H,1-3H3,(H,20,23)(H,21,24). The van der Waals surface area contributed by atoms with Gasteiger partial charge in [-0.1, -0.05) is 23.9 Å². The van der Waals surface area contributed by atoms with Gasteiger partial charge in [-0.3, -0.25) is 14.4 Å². The van der Waals surface area contributed by atoms with Crippen molar-refractivity contribution in [3.63, 3.8) is 0 Å². The zero-order valence-corrected chi connectivity index (χ0v) is 15.5. The van der Waals surface area contributed by atoms with Crippen molar-refractivity contribution in [1.29, 1.82) is 0 Å². The van der Waals surface area contributed by atoms with E-state index in [0.717, 1.165) is 10.6 Å². The van der Waals surface area contributed by atoms with Crippen LogP contribution in [0.4, 0.5) is 17.1 Å². The number of carbonyl (C=O) groups excluding carboxylic acids is 3. The molecule has 2 aromatic carbocycles. The van der Waals surface area contributed by atoms with Crippen LogP contribution in [0.15, 0.2) is 53.4 Å². The fourth-order valence-electron chi connectivity index (χ4n) is 2.75. The van der Waals surface area contributed by atoms with Crippen LogP contribution in [0.2, 0.25) is 0 Å². The summed E-state index contributed by atoms with van der Waals surface area (Å²) in [4.78, 5) is 39.2. The molecule has 1 aliphatic rings. The van der Waals surface area contributed by atoms with Crippen LogP contribution in [0.3, 0.4) is 0 Å². The number of carbonyl (C=O) groups is 3. The monoisotopic (exact) mass is 369 g/mol. The zero-order valence-electron chi connectivity index (χ0n) is 14.7. The summed E-state index contributed by atoms with van der Waals surface area (Å²) >= 11 is 1.25. The van der Waals surface area contributed by atoms with Gasteiger partial charge in [-0.25, -0.2) is 0 Å². The summed E-state index contributed by atoms with van der Waals surface area (Å²) in [5.74, 6) is -0.824. The Hall–Kier alpha value is -2.80. The molecule has 0 saturated heterocycles. The lowest BCUT2D eigenvalue weighted by Crippen LogP contribution is -2.53. The lowest BCUT2D eigenvalue weighted by atomic mass is 10.1. The van der Waals surface area contributed by atoms with E-state index in [1.165, 1.54) is 23.6 Å². The number of nitrogens with zero attached hydrogens (tertiary/aromatic N) is 1. The van der Waals surface area contributed by atoms with Crippen molar-refractivity contribution in [2.24, 2.45) is 0 Å². The van der Waals surface area contributed by atoms with Gasteiger partial charge < -0.3 is 15.5 Å². The molecular formula is C19H19N3O3S. The van der Waals surface area contributed by atoms with Gasteiger partial charge in [0.05, 0.1) is 5.69 Å². The van der Waals surface area contributed by atoms with Gasteiger partial charge in [0.15, 0.2) is 4.75 Å². The maximum absolute atomic E-state index is 12.9. The molecule has 1 atom stereocenters. The molecule has 1 unspecified atom stereocenters. The summed E-state index contributed by atoms with van der Waals surface area (Å²) in [5, 5.41) is 5.46. The first-order valence-corrected chi connectivity index (χ1v) is 8.88.